The molecule has 0 N–H and O–H groups in total. The van der Waals surface area contributed by atoms with Gasteiger partial charge in [0.05, 0.1) is 0 Å². The third-order valence-electron chi connectivity index (χ3n) is 1.44. The second-order valence-corrected chi connectivity index (χ2v) is 2.07. The molecule has 0 aliphatic rings. The van der Waals surface area contributed by atoms with Crippen LogP contribution in [0.15, 0.2) is 18.2 Å². The Hall–Kier alpha value is -0.453. The number of halogens is 1. The fourth-order valence-electron chi connectivity index (χ4n) is 0.809. The summed E-state index contributed by atoms with van der Waals surface area (Å²) >= 11 is 1.69. The molecule has 1 aromatic carbocycles. The van der Waals surface area contributed by atoms with Gasteiger partial charge in [-0.3, -0.25) is 0 Å². The van der Waals surface area contributed by atoms with Crippen molar-refractivity contribution < 1.29 is 9.13 Å². The van der Waals surface area contributed by atoms with Crippen molar-refractivity contribution in [3.05, 3.63) is 24.0 Å². The second-order valence-electron chi connectivity index (χ2n) is 2.07. The molecule has 0 saturated carbocycles. The van der Waals surface area contributed by atoms with Crippen LogP contribution in [0.4, 0.5) is 4.39 Å². The van der Waals surface area contributed by atoms with Crippen LogP contribution in [0.1, 0.15) is 0 Å². The molecule has 0 amide bonds. The molecule has 0 saturated heterocycles. The minimum absolute atomic E-state index is 0.223. The molecule has 0 heterocycles. The van der Waals surface area contributed by atoms with Gasteiger partial charge in [-0.1, -0.05) is 0 Å². The molecule has 0 spiro atoms. The van der Waals surface area contributed by atoms with Crippen LogP contribution in [0.25, 0.3) is 0 Å². The fourth-order valence-corrected chi connectivity index (χ4v) is 0.809. The molecule has 10 heavy (non-hydrogen) atoms. The standard InChI is InChI=1S/C7H6FO.Li/c1-9-7-4-2-3-6(8)5-7;/h2-4H,1H3;. The number of rotatable bonds is 1. The SMILES string of the molecule is [Li][c]1c(F)cccc1OC. The van der Waals surface area contributed by atoms with Crippen LogP contribution in [-0.2, 0) is 0 Å². The average molecular weight is 132 g/mol. The Kier molecular flexibility index (Phi) is 2.37. The minimum atomic E-state index is -0.223. The molecule has 0 atom stereocenters. The summed E-state index contributed by atoms with van der Waals surface area (Å²) in [5.74, 6) is 0.374. The zero-order valence-corrected chi connectivity index (χ0v) is 6.02. The normalized spacial score (nSPS) is 9.60. The monoisotopic (exact) mass is 132 g/mol. The summed E-state index contributed by atoms with van der Waals surface area (Å²) in [5, 5.41) is 0. The van der Waals surface area contributed by atoms with E-state index in [1.165, 1.54) is 13.2 Å². The van der Waals surface area contributed by atoms with Crippen LogP contribution in [-0.4, -0.2) is 24.8 Å². The van der Waals surface area contributed by atoms with Gasteiger partial charge >= 0.3 is 68.0 Å². The predicted molar refractivity (Wildman–Crippen MR) is 38.3 cm³/mol. The van der Waals surface area contributed by atoms with E-state index >= 15 is 0 Å². The molecule has 0 unspecified atom stereocenters. The van der Waals surface area contributed by atoms with Crippen molar-refractivity contribution >= 4 is 22.0 Å². The Morgan fingerprint density at radius 1 is 1.50 bits per heavy atom. The van der Waals surface area contributed by atoms with E-state index in [0.717, 1.165) is 0 Å². The van der Waals surface area contributed by atoms with Gasteiger partial charge in [0.25, 0.3) is 0 Å². The Bertz CT molecular complexity index is 237. The van der Waals surface area contributed by atoms with E-state index in [1.54, 1.807) is 29.8 Å². The molecule has 0 fully saturated rings. The van der Waals surface area contributed by atoms with Gasteiger partial charge < -0.3 is 0 Å². The molecule has 3 heteroatoms. The van der Waals surface area contributed by atoms with Gasteiger partial charge in [0.1, 0.15) is 0 Å². The van der Waals surface area contributed by atoms with Gasteiger partial charge in [0, 0.05) is 0 Å². The second kappa shape index (κ2) is 3.09. The first-order valence-corrected chi connectivity index (χ1v) is 3.05. The number of hydrogen-bond acceptors (Lipinski definition) is 1. The van der Waals surface area contributed by atoms with Gasteiger partial charge in [-0.25, -0.2) is 0 Å². The summed E-state index contributed by atoms with van der Waals surface area (Å²) in [4.78, 5) is 0. The summed E-state index contributed by atoms with van der Waals surface area (Å²) in [5.41, 5.74) is 0. The number of ether oxygens (including phenoxy) is 1. The molecule has 0 radical (unpaired) electrons. The van der Waals surface area contributed by atoms with Crippen LogP contribution < -0.4 is 8.97 Å². The molecule has 0 aliphatic heterocycles. The van der Waals surface area contributed by atoms with E-state index in [-0.39, 0.29) is 5.82 Å². The summed E-state index contributed by atoms with van der Waals surface area (Å²) in [7, 11) is 1.53. The number of hydrogen-bond donors (Lipinski definition) is 0. The topological polar surface area (TPSA) is 9.23 Å². The van der Waals surface area contributed by atoms with E-state index < -0.39 is 0 Å². The van der Waals surface area contributed by atoms with Gasteiger partial charge in [-0.15, -0.1) is 0 Å². The van der Waals surface area contributed by atoms with E-state index in [9.17, 15) is 4.39 Å². The maximum absolute atomic E-state index is 12.7. The Balaban J connectivity index is 3.14. The van der Waals surface area contributed by atoms with Crippen LogP contribution in [0.3, 0.4) is 0 Å². The van der Waals surface area contributed by atoms with Crippen molar-refractivity contribution in [1.29, 1.82) is 0 Å². The Morgan fingerprint density at radius 3 is 2.70 bits per heavy atom. The van der Waals surface area contributed by atoms with Crippen molar-refractivity contribution in [3.63, 3.8) is 0 Å². The van der Waals surface area contributed by atoms with E-state index in [1.807, 2.05) is 0 Å². The van der Waals surface area contributed by atoms with E-state index in [4.69, 9.17) is 4.74 Å². The summed E-state index contributed by atoms with van der Waals surface area (Å²) in [6.45, 7) is 0. The van der Waals surface area contributed by atoms with Crippen molar-refractivity contribution in [2.75, 3.05) is 7.11 Å². The summed E-state index contributed by atoms with van der Waals surface area (Å²) in [6.07, 6.45) is 0. The summed E-state index contributed by atoms with van der Waals surface area (Å²) in [6, 6.07) is 4.78. The van der Waals surface area contributed by atoms with Crippen LogP contribution in [0, 0.1) is 5.82 Å². The quantitative estimate of drug-likeness (QED) is 0.509. The van der Waals surface area contributed by atoms with Crippen molar-refractivity contribution in [1.82, 2.24) is 0 Å². The Morgan fingerprint density at radius 2 is 2.20 bits per heavy atom. The first-order chi connectivity index (χ1) is 4.75. The zero-order chi connectivity index (χ0) is 7.56. The molecule has 48 valence electrons. The van der Waals surface area contributed by atoms with E-state index in [0.29, 0.717) is 9.99 Å². The van der Waals surface area contributed by atoms with E-state index in [2.05, 4.69) is 0 Å². The molecule has 0 bridgehead atoms. The van der Waals surface area contributed by atoms with Crippen molar-refractivity contribution in [3.8, 4) is 5.75 Å². The third kappa shape index (κ3) is 1.34. The molecular formula is C7H6FLiO. The van der Waals surface area contributed by atoms with Gasteiger partial charge in [0.2, 0.25) is 0 Å². The van der Waals surface area contributed by atoms with Crippen LogP contribution >= 0.6 is 0 Å². The molecule has 1 nitrogen and oxygen atoms in total. The van der Waals surface area contributed by atoms with Crippen molar-refractivity contribution in [2.24, 2.45) is 0 Å². The summed E-state index contributed by atoms with van der Waals surface area (Å²) < 4.78 is 18.1. The van der Waals surface area contributed by atoms with Gasteiger partial charge in [0.15, 0.2) is 0 Å². The van der Waals surface area contributed by atoms with Gasteiger partial charge in [-0.2, -0.15) is 0 Å². The molecule has 1 aromatic rings. The maximum atomic E-state index is 12.7. The Labute approximate surface area is 68.4 Å². The third-order valence-corrected chi connectivity index (χ3v) is 1.44. The first-order valence-electron chi connectivity index (χ1n) is 3.05. The molecule has 0 aromatic heterocycles. The predicted octanol–water partition coefficient (Wildman–Crippen LogP) is 0.628. The fraction of sp³-hybridized carbons (Fsp3) is 0.143. The van der Waals surface area contributed by atoms with Crippen LogP contribution in [0.2, 0.25) is 0 Å². The van der Waals surface area contributed by atoms with Crippen molar-refractivity contribution in [2.45, 2.75) is 0 Å². The number of benzene rings is 1. The van der Waals surface area contributed by atoms with Crippen LogP contribution in [0.5, 0.6) is 5.75 Å². The first kappa shape index (κ1) is 7.65. The zero-order valence-electron chi connectivity index (χ0n) is 6.02. The average Bonchev–Trinajstić information content (AvgIpc) is 1.95. The van der Waals surface area contributed by atoms with Gasteiger partial charge in [-0.05, 0) is 0 Å². The molecular weight excluding hydrogens is 126 g/mol. The molecule has 0 aliphatic carbocycles. The molecule has 1 rings (SSSR count). The number of methoxy groups -OCH3 is 1.